The molecular formula is C18H24N4O3S. The average Bonchev–Trinajstić information content (AvgIpc) is 3.28. The van der Waals surface area contributed by atoms with E-state index < -0.39 is 10.0 Å². The van der Waals surface area contributed by atoms with Gasteiger partial charge in [-0.25, -0.2) is 18.1 Å². The highest BCUT2D eigenvalue weighted by molar-refractivity contribution is 7.89. The molecule has 0 unspecified atom stereocenters. The summed E-state index contributed by atoms with van der Waals surface area (Å²) in [6.45, 7) is 3.92. The van der Waals surface area contributed by atoms with Gasteiger partial charge in [0.15, 0.2) is 0 Å². The van der Waals surface area contributed by atoms with E-state index >= 15 is 0 Å². The molecule has 1 aromatic rings. The van der Waals surface area contributed by atoms with E-state index in [1.807, 2.05) is 13.0 Å². The van der Waals surface area contributed by atoms with Crippen LogP contribution in [0.15, 0.2) is 18.3 Å². The van der Waals surface area contributed by atoms with Crippen LogP contribution in [0.5, 0.6) is 0 Å². The molecule has 3 saturated heterocycles. The summed E-state index contributed by atoms with van der Waals surface area (Å²) in [7, 11) is -3.20. The largest absolute Gasteiger partial charge is 0.369 e. The third-order valence-electron chi connectivity index (χ3n) is 6.00. The molecule has 0 aromatic carbocycles. The van der Waals surface area contributed by atoms with Crippen LogP contribution in [0.1, 0.15) is 31.7 Å². The van der Waals surface area contributed by atoms with Gasteiger partial charge in [-0.2, -0.15) is 5.26 Å². The van der Waals surface area contributed by atoms with Crippen LogP contribution < -0.4 is 9.62 Å². The monoisotopic (exact) mass is 376 g/mol. The smallest absolute Gasteiger partial charge is 0.211 e. The molecule has 0 aliphatic carbocycles. The molecule has 3 aliphatic rings. The van der Waals surface area contributed by atoms with Gasteiger partial charge in [0.2, 0.25) is 10.0 Å². The number of anilines is 1. The van der Waals surface area contributed by atoms with Crippen LogP contribution in [0.3, 0.4) is 0 Å². The number of nitriles is 1. The van der Waals surface area contributed by atoms with Gasteiger partial charge in [0.1, 0.15) is 11.9 Å². The molecule has 26 heavy (non-hydrogen) atoms. The zero-order valence-corrected chi connectivity index (χ0v) is 15.7. The van der Waals surface area contributed by atoms with Gasteiger partial charge >= 0.3 is 0 Å². The summed E-state index contributed by atoms with van der Waals surface area (Å²) in [4.78, 5) is 6.62. The molecule has 4 heterocycles. The summed E-state index contributed by atoms with van der Waals surface area (Å²) in [5, 5.41) is 8.93. The Morgan fingerprint density at radius 2 is 2.35 bits per heavy atom. The van der Waals surface area contributed by atoms with E-state index in [0.717, 1.165) is 31.7 Å². The van der Waals surface area contributed by atoms with E-state index in [0.29, 0.717) is 24.4 Å². The number of hydrogen-bond donors (Lipinski definition) is 1. The molecule has 140 valence electrons. The highest BCUT2D eigenvalue weighted by Gasteiger charge is 2.63. The van der Waals surface area contributed by atoms with Crippen LogP contribution in [-0.4, -0.2) is 50.5 Å². The first-order valence-corrected chi connectivity index (χ1v) is 10.9. The highest BCUT2D eigenvalue weighted by Crippen LogP contribution is 2.55. The van der Waals surface area contributed by atoms with Crippen molar-refractivity contribution in [2.75, 3.05) is 30.3 Å². The van der Waals surface area contributed by atoms with Gasteiger partial charge in [0.05, 0.1) is 23.0 Å². The van der Waals surface area contributed by atoms with Crippen LogP contribution in [0.4, 0.5) is 5.82 Å². The zero-order valence-electron chi connectivity index (χ0n) is 14.9. The fourth-order valence-electron chi connectivity index (χ4n) is 4.84. The molecule has 4 rings (SSSR count). The van der Waals surface area contributed by atoms with E-state index in [1.54, 1.807) is 12.3 Å². The topological polar surface area (TPSA) is 95.3 Å². The Labute approximate surface area is 154 Å². The maximum atomic E-state index is 12.0. The van der Waals surface area contributed by atoms with Crippen molar-refractivity contribution in [2.45, 2.75) is 37.9 Å². The second-order valence-corrected chi connectivity index (χ2v) is 9.52. The molecule has 3 aliphatic heterocycles. The minimum atomic E-state index is -3.20. The average molecular weight is 376 g/mol. The number of rotatable bonds is 6. The maximum Gasteiger partial charge on any atom is 0.211 e. The molecule has 8 heteroatoms. The highest BCUT2D eigenvalue weighted by atomic mass is 32.2. The quantitative estimate of drug-likeness (QED) is 0.803. The number of aromatic nitrogens is 1. The number of sulfonamides is 1. The van der Waals surface area contributed by atoms with Crippen LogP contribution in [-0.2, 0) is 14.8 Å². The molecule has 4 atom stereocenters. The van der Waals surface area contributed by atoms with Crippen LogP contribution in [0.25, 0.3) is 0 Å². The Morgan fingerprint density at radius 1 is 1.50 bits per heavy atom. The lowest BCUT2D eigenvalue weighted by molar-refractivity contribution is 0.0142. The SMILES string of the molecule is CCCS(=O)(=O)NC[C@H]1[C@H]2CN(c3ccc(C#N)cn3)C[C@]23CC[C@H]1O3. The van der Waals surface area contributed by atoms with Gasteiger partial charge in [-0.15, -0.1) is 0 Å². The summed E-state index contributed by atoms with van der Waals surface area (Å²) in [5.41, 5.74) is 0.368. The lowest BCUT2D eigenvalue weighted by Gasteiger charge is -2.29. The Kier molecular flexibility index (Phi) is 4.41. The molecule has 1 aromatic heterocycles. The molecule has 2 bridgehead atoms. The van der Waals surface area contributed by atoms with Gasteiger partial charge in [0, 0.05) is 37.7 Å². The fraction of sp³-hybridized carbons (Fsp3) is 0.667. The maximum absolute atomic E-state index is 12.0. The lowest BCUT2D eigenvalue weighted by atomic mass is 9.74. The number of nitrogens with zero attached hydrogens (tertiary/aromatic N) is 3. The van der Waals surface area contributed by atoms with Gasteiger partial charge in [-0.1, -0.05) is 6.92 Å². The normalized spacial score (nSPS) is 32.6. The van der Waals surface area contributed by atoms with Crippen molar-refractivity contribution in [3.8, 4) is 6.07 Å². The van der Waals surface area contributed by atoms with E-state index in [4.69, 9.17) is 10.00 Å². The van der Waals surface area contributed by atoms with Crippen LogP contribution in [0, 0.1) is 23.2 Å². The molecule has 3 fully saturated rings. The number of ether oxygens (including phenoxy) is 1. The van der Waals surface area contributed by atoms with Gasteiger partial charge in [-0.05, 0) is 31.4 Å². The minimum absolute atomic E-state index is 0.153. The molecule has 0 radical (unpaired) electrons. The fourth-order valence-corrected chi connectivity index (χ4v) is 5.97. The van der Waals surface area contributed by atoms with Crippen molar-refractivity contribution in [3.05, 3.63) is 23.9 Å². The number of nitrogens with one attached hydrogen (secondary N) is 1. The number of pyridine rings is 1. The Hall–Kier alpha value is -1.69. The molecule has 1 spiro atoms. The predicted octanol–water partition coefficient (Wildman–Crippen LogP) is 1.27. The first-order chi connectivity index (χ1) is 12.5. The second kappa shape index (κ2) is 6.48. The third-order valence-corrected chi connectivity index (χ3v) is 7.55. The van der Waals surface area contributed by atoms with Gasteiger partial charge in [-0.3, -0.25) is 0 Å². The van der Waals surface area contributed by atoms with E-state index in [2.05, 4.69) is 20.7 Å². The summed E-state index contributed by atoms with van der Waals surface area (Å²) < 4.78 is 33.2. The van der Waals surface area contributed by atoms with Crippen molar-refractivity contribution < 1.29 is 13.2 Å². The molecule has 0 amide bonds. The van der Waals surface area contributed by atoms with Crippen molar-refractivity contribution in [1.29, 1.82) is 5.26 Å². The summed E-state index contributed by atoms with van der Waals surface area (Å²) in [6, 6.07) is 5.74. The second-order valence-electron chi connectivity index (χ2n) is 7.59. The number of hydrogen-bond acceptors (Lipinski definition) is 6. The number of fused-ring (bicyclic) bond motifs is 1. The van der Waals surface area contributed by atoms with Crippen molar-refractivity contribution >= 4 is 15.8 Å². The molecule has 1 N–H and O–H groups in total. The van der Waals surface area contributed by atoms with E-state index in [1.165, 1.54) is 0 Å². The minimum Gasteiger partial charge on any atom is -0.369 e. The summed E-state index contributed by atoms with van der Waals surface area (Å²) in [6.07, 6.45) is 4.38. The van der Waals surface area contributed by atoms with Gasteiger partial charge in [0.25, 0.3) is 0 Å². The Morgan fingerprint density at radius 3 is 3.04 bits per heavy atom. The molecule has 0 saturated carbocycles. The first kappa shape index (κ1) is 17.7. The predicted molar refractivity (Wildman–Crippen MR) is 97.1 cm³/mol. The Bertz CT molecular complexity index is 820. The van der Waals surface area contributed by atoms with Crippen molar-refractivity contribution in [3.63, 3.8) is 0 Å². The summed E-state index contributed by atoms with van der Waals surface area (Å²) >= 11 is 0. The van der Waals surface area contributed by atoms with Crippen LogP contribution in [0.2, 0.25) is 0 Å². The van der Waals surface area contributed by atoms with E-state index in [-0.39, 0.29) is 23.4 Å². The summed E-state index contributed by atoms with van der Waals surface area (Å²) in [5.74, 6) is 1.54. The van der Waals surface area contributed by atoms with Gasteiger partial charge < -0.3 is 9.64 Å². The third kappa shape index (κ3) is 2.98. The van der Waals surface area contributed by atoms with Crippen molar-refractivity contribution in [1.82, 2.24) is 9.71 Å². The lowest BCUT2D eigenvalue weighted by Crippen LogP contribution is -2.42. The van der Waals surface area contributed by atoms with E-state index in [9.17, 15) is 8.42 Å². The Balaban J connectivity index is 1.48. The standard InChI is InChI=1S/C18H24N4O3S/c1-2-7-26(23,24)21-10-14-15-11-22(12-18(15)6-5-16(14)25-18)17-4-3-13(8-19)9-20-17/h3-4,9,14-16,21H,2,5-7,10-12H2,1H3/t14-,15+,16+,18+/m0/s1. The zero-order chi connectivity index (χ0) is 18.4. The first-order valence-electron chi connectivity index (χ1n) is 9.22. The van der Waals surface area contributed by atoms with Crippen LogP contribution >= 0.6 is 0 Å². The van der Waals surface area contributed by atoms with Crippen molar-refractivity contribution in [2.24, 2.45) is 11.8 Å². The molecular weight excluding hydrogens is 352 g/mol. The molecule has 7 nitrogen and oxygen atoms in total.